The second-order valence-electron chi connectivity index (χ2n) is 5.15. The van der Waals surface area contributed by atoms with Gasteiger partial charge in [0.1, 0.15) is 0 Å². The summed E-state index contributed by atoms with van der Waals surface area (Å²) in [6.45, 7) is 8.85. The molecule has 0 aromatic rings. The Labute approximate surface area is 86.3 Å². The van der Waals surface area contributed by atoms with Crippen LogP contribution < -0.4 is 0 Å². The number of carbonyl (C=O) groups is 1. The van der Waals surface area contributed by atoms with Crippen molar-refractivity contribution in [2.45, 2.75) is 40.5 Å². The van der Waals surface area contributed by atoms with Gasteiger partial charge in [-0.3, -0.25) is 0 Å². The van der Waals surface area contributed by atoms with Gasteiger partial charge in [0.2, 0.25) is 0 Å². The summed E-state index contributed by atoms with van der Waals surface area (Å²) in [6.07, 6.45) is 4.05. The number of carbonyl (C=O) groups excluding carboxylic acids is 1. The van der Waals surface area contributed by atoms with Crippen molar-refractivity contribution in [3.8, 4) is 0 Å². The van der Waals surface area contributed by atoms with Crippen molar-refractivity contribution in [2.24, 2.45) is 11.3 Å². The number of esters is 1. The van der Waals surface area contributed by atoms with Gasteiger partial charge in [-0.05, 0) is 31.1 Å². The van der Waals surface area contributed by atoms with Crippen LogP contribution in [0.15, 0.2) is 11.6 Å². The summed E-state index contributed by atoms with van der Waals surface area (Å²) >= 11 is 0. The highest BCUT2D eigenvalue weighted by Gasteiger charge is 2.23. The zero-order valence-electron chi connectivity index (χ0n) is 9.59. The van der Waals surface area contributed by atoms with Crippen molar-refractivity contribution in [1.29, 1.82) is 0 Å². The fraction of sp³-hybridized carbons (Fsp3) is 0.750. The molecule has 0 saturated heterocycles. The monoisotopic (exact) mass is 196 g/mol. The Morgan fingerprint density at radius 1 is 1.43 bits per heavy atom. The zero-order chi connectivity index (χ0) is 10.8. The SMILES string of the molecule is C/C(=C\C(=O)OCC1CC1)C(C)(C)C. The summed E-state index contributed by atoms with van der Waals surface area (Å²) < 4.78 is 5.12. The first-order valence-corrected chi connectivity index (χ1v) is 5.25. The van der Waals surface area contributed by atoms with E-state index >= 15 is 0 Å². The molecule has 0 heterocycles. The van der Waals surface area contributed by atoms with E-state index in [0.717, 1.165) is 5.57 Å². The van der Waals surface area contributed by atoms with Crippen LogP contribution in [0.2, 0.25) is 0 Å². The van der Waals surface area contributed by atoms with Gasteiger partial charge in [0.25, 0.3) is 0 Å². The first kappa shape index (κ1) is 11.3. The van der Waals surface area contributed by atoms with Gasteiger partial charge >= 0.3 is 5.97 Å². The third-order valence-corrected chi connectivity index (χ3v) is 2.68. The van der Waals surface area contributed by atoms with Crippen LogP contribution in [-0.4, -0.2) is 12.6 Å². The Bertz CT molecular complexity index is 242. The minimum atomic E-state index is -0.190. The first-order chi connectivity index (χ1) is 6.39. The molecule has 1 aliphatic carbocycles. The van der Waals surface area contributed by atoms with Crippen molar-refractivity contribution < 1.29 is 9.53 Å². The van der Waals surface area contributed by atoms with E-state index in [1.807, 2.05) is 6.92 Å². The van der Waals surface area contributed by atoms with Gasteiger partial charge in [0.05, 0.1) is 6.61 Å². The molecule has 0 aromatic heterocycles. The molecule has 0 atom stereocenters. The van der Waals surface area contributed by atoms with Crippen LogP contribution in [0.5, 0.6) is 0 Å². The molecule has 0 bridgehead atoms. The van der Waals surface area contributed by atoms with Gasteiger partial charge in [-0.25, -0.2) is 4.79 Å². The summed E-state index contributed by atoms with van der Waals surface area (Å²) in [5.41, 5.74) is 1.12. The summed E-state index contributed by atoms with van der Waals surface area (Å²) in [5, 5.41) is 0. The molecule has 0 spiro atoms. The Kier molecular flexibility index (Phi) is 3.35. The van der Waals surface area contributed by atoms with Gasteiger partial charge in [-0.15, -0.1) is 0 Å². The van der Waals surface area contributed by atoms with Crippen molar-refractivity contribution in [3.05, 3.63) is 11.6 Å². The standard InChI is InChI=1S/C12H20O2/c1-9(12(2,3)4)7-11(13)14-8-10-5-6-10/h7,10H,5-6,8H2,1-4H3/b9-7+. The van der Waals surface area contributed by atoms with Gasteiger partial charge in [0.15, 0.2) is 0 Å². The topological polar surface area (TPSA) is 26.3 Å². The molecule has 1 saturated carbocycles. The molecule has 2 heteroatoms. The highest BCUT2D eigenvalue weighted by atomic mass is 16.5. The maximum atomic E-state index is 11.3. The van der Waals surface area contributed by atoms with Gasteiger partial charge in [-0.2, -0.15) is 0 Å². The van der Waals surface area contributed by atoms with E-state index in [4.69, 9.17) is 4.74 Å². The van der Waals surface area contributed by atoms with E-state index in [-0.39, 0.29) is 11.4 Å². The molecule has 0 radical (unpaired) electrons. The third-order valence-electron chi connectivity index (χ3n) is 2.68. The Morgan fingerprint density at radius 3 is 2.43 bits per heavy atom. The number of ether oxygens (including phenoxy) is 1. The van der Waals surface area contributed by atoms with Crippen LogP contribution in [-0.2, 0) is 9.53 Å². The smallest absolute Gasteiger partial charge is 0.330 e. The number of allylic oxidation sites excluding steroid dienone is 1. The number of hydrogen-bond acceptors (Lipinski definition) is 2. The first-order valence-electron chi connectivity index (χ1n) is 5.25. The lowest BCUT2D eigenvalue weighted by Gasteiger charge is -2.18. The molecular formula is C12H20O2. The van der Waals surface area contributed by atoms with Crippen molar-refractivity contribution in [3.63, 3.8) is 0 Å². The second kappa shape index (κ2) is 4.16. The Balaban J connectivity index is 2.36. The summed E-state index contributed by atoms with van der Waals surface area (Å²) in [5.74, 6) is 0.451. The highest BCUT2D eigenvalue weighted by Crippen LogP contribution is 2.29. The number of hydrogen-bond donors (Lipinski definition) is 0. The molecule has 0 unspecified atom stereocenters. The molecule has 1 rings (SSSR count). The molecule has 0 aromatic carbocycles. The fourth-order valence-corrected chi connectivity index (χ4v) is 0.919. The van der Waals surface area contributed by atoms with E-state index in [1.165, 1.54) is 12.8 Å². The maximum absolute atomic E-state index is 11.3. The fourth-order valence-electron chi connectivity index (χ4n) is 0.919. The molecule has 80 valence electrons. The Hall–Kier alpha value is -0.790. The highest BCUT2D eigenvalue weighted by molar-refractivity contribution is 5.82. The predicted octanol–water partition coefficient (Wildman–Crippen LogP) is 2.93. The van der Waals surface area contributed by atoms with Crippen molar-refractivity contribution in [2.75, 3.05) is 6.61 Å². The molecule has 0 amide bonds. The van der Waals surface area contributed by atoms with Crippen molar-refractivity contribution in [1.82, 2.24) is 0 Å². The zero-order valence-corrected chi connectivity index (χ0v) is 9.59. The normalized spacial score (nSPS) is 18.1. The molecule has 0 N–H and O–H groups in total. The average Bonchev–Trinajstić information content (AvgIpc) is 2.81. The van der Waals surface area contributed by atoms with E-state index in [2.05, 4.69) is 20.8 Å². The number of rotatable bonds is 3. The van der Waals surface area contributed by atoms with Crippen LogP contribution in [0.3, 0.4) is 0 Å². The average molecular weight is 196 g/mol. The molecule has 14 heavy (non-hydrogen) atoms. The Morgan fingerprint density at radius 2 is 2.00 bits per heavy atom. The summed E-state index contributed by atoms with van der Waals surface area (Å²) in [4.78, 5) is 11.3. The minimum absolute atomic E-state index is 0.0542. The lowest BCUT2D eigenvalue weighted by atomic mass is 9.87. The molecule has 1 fully saturated rings. The van der Waals surface area contributed by atoms with E-state index in [1.54, 1.807) is 6.08 Å². The predicted molar refractivity (Wildman–Crippen MR) is 56.9 cm³/mol. The minimum Gasteiger partial charge on any atom is -0.462 e. The van der Waals surface area contributed by atoms with Crippen molar-refractivity contribution >= 4 is 5.97 Å². The van der Waals surface area contributed by atoms with Crippen LogP contribution >= 0.6 is 0 Å². The van der Waals surface area contributed by atoms with E-state index in [0.29, 0.717) is 12.5 Å². The summed E-state index contributed by atoms with van der Waals surface area (Å²) in [7, 11) is 0. The van der Waals surface area contributed by atoms with Crippen LogP contribution in [0.25, 0.3) is 0 Å². The van der Waals surface area contributed by atoms with E-state index < -0.39 is 0 Å². The third kappa shape index (κ3) is 3.95. The van der Waals surface area contributed by atoms with Crippen LogP contribution in [0.4, 0.5) is 0 Å². The van der Waals surface area contributed by atoms with Crippen LogP contribution in [0, 0.1) is 11.3 Å². The quantitative estimate of drug-likeness (QED) is 0.512. The lowest BCUT2D eigenvalue weighted by Crippen LogP contribution is -2.11. The molecule has 0 aliphatic heterocycles. The van der Waals surface area contributed by atoms with Gasteiger partial charge in [-0.1, -0.05) is 26.3 Å². The largest absolute Gasteiger partial charge is 0.462 e. The lowest BCUT2D eigenvalue weighted by molar-refractivity contribution is -0.138. The summed E-state index contributed by atoms with van der Waals surface area (Å²) in [6, 6.07) is 0. The molecule has 2 nitrogen and oxygen atoms in total. The second-order valence-corrected chi connectivity index (χ2v) is 5.15. The molecular weight excluding hydrogens is 176 g/mol. The van der Waals surface area contributed by atoms with Gasteiger partial charge in [0, 0.05) is 6.08 Å². The van der Waals surface area contributed by atoms with E-state index in [9.17, 15) is 4.79 Å². The van der Waals surface area contributed by atoms with Crippen LogP contribution in [0.1, 0.15) is 40.5 Å². The van der Waals surface area contributed by atoms with Gasteiger partial charge < -0.3 is 4.74 Å². The maximum Gasteiger partial charge on any atom is 0.330 e. The molecule has 1 aliphatic rings.